The van der Waals surface area contributed by atoms with Crippen molar-refractivity contribution in [3.8, 4) is 11.5 Å². The van der Waals surface area contributed by atoms with Gasteiger partial charge in [-0.2, -0.15) is 0 Å². The first-order valence-corrected chi connectivity index (χ1v) is 12.0. The highest BCUT2D eigenvalue weighted by Gasteiger charge is 2.28. The number of carbonyl (C=O) groups excluding carboxylic acids is 2. The average Bonchev–Trinajstić information content (AvgIpc) is 3.37. The van der Waals surface area contributed by atoms with E-state index in [1.165, 1.54) is 11.3 Å². The molecule has 1 aliphatic heterocycles. The molecule has 2 heterocycles. The first-order chi connectivity index (χ1) is 16.6. The number of aromatic nitrogens is 2. The van der Waals surface area contributed by atoms with Crippen LogP contribution in [0.15, 0.2) is 48.5 Å². The van der Waals surface area contributed by atoms with Gasteiger partial charge in [0.2, 0.25) is 5.01 Å². The van der Waals surface area contributed by atoms with E-state index in [9.17, 15) is 9.59 Å². The molecular weight excluding hydrogens is 454 g/mol. The molecule has 4 rings (SSSR count). The fraction of sp³-hybridized carbons (Fsp3) is 0.333. The number of anilines is 2. The van der Waals surface area contributed by atoms with Gasteiger partial charge in [0.15, 0.2) is 0 Å². The van der Waals surface area contributed by atoms with E-state index in [-0.39, 0.29) is 22.9 Å². The Morgan fingerprint density at radius 2 is 1.91 bits per heavy atom. The van der Waals surface area contributed by atoms with Crippen LogP contribution in [0.4, 0.5) is 16.2 Å². The Bertz CT molecular complexity index is 1130. The predicted molar refractivity (Wildman–Crippen MR) is 131 cm³/mol. The molecule has 0 spiro atoms. The number of hydrogen-bond acceptors (Lipinski definition) is 7. The fourth-order valence-electron chi connectivity index (χ4n) is 3.76. The first kappa shape index (κ1) is 23.5. The quantitative estimate of drug-likeness (QED) is 0.511. The number of para-hydroxylation sites is 2. The molecule has 1 fully saturated rings. The van der Waals surface area contributed by atoms with Crippen molar-refractivity contribution in [2.75, 3.05) is 37.4 Å². The second-order valence-electron chi connectivity index (χ2n) is 7.77. The van der Waals surface area contributed by atoms with Gasteiger partial charge in [-0.1, -0.05) is 23.5 Å². The van der Waals surface area contributed by atoms with E-state index in [1.54, 1.807) is 36.3 Å². The molecule has 9 nitrogen and oxygen atoms in total. The zero-order valence-electron chi connectivity index (χ0n) is 19.1. The Labute approximate surface area is 202 Å². The zero-order chi connectivity index (χ0) is 23.9. The molecule has 0 radical (unpaired) electrons. The third-order valence-corrected chi connectivity index (χ3v) is 6.55. The lowest BCUT2D eigenvalue weighted by molar-refractivity contribution is 0.102. The molecule has 2 aromatic carbocycles. The normalized spacial score (nSPS) is 15.5. The third-order valence-electron chi connectivity index (χ3n) is 5.47. The number of rotatable bonds is 7. The lowest BCUT2D eigenvalue weighted by Crippen LogP contribution is -2.41. The number of likely N-dealkylation sites (tertiary alicyclic amines) is 1. The van der Waals surface area contributed by atoms with Crippen LogP contribution in [0.2, 0.25) is 0 Å². The highest BCUT2D eigenvalue weighted by molar-refractivity contribution is 7.13. The van der Waals surface area contributed by atoms with Crippen LogP contribution in [0.3, 0.4) is 0 Å². The van der Waals surface area contributed by atoms with Gasteiger partial charge in [0, 0.05) is 24.7 Å². The summed E-state index contributed by atoms with van der Waals surface area (Å²) < 4.78 is 10.7. The number of methoxy groups -OCH3 is 1. The molecule has 3 amide bonds. The molecule has 0 saturated carbocycles. The molecule has 2 N–H and O–H groups in total. The summed E-state index contributed by atoms with van der Waals surface area (Å²) in [6.45, 7) is 3.59. The molecule has 0 unspecified atom stereocenters. The predicted octanol–water partition coefficient (Wildman–Crippen LogP) is 4.61. The van der Waals surface area contributed by atoms with Gasteiger partial charge in [-0.15, -0.1) is 10.2 Å². The number of piperidine rings is 1. The van der Waals surface area contributed by atoms with Crippen molar-refractivity contribution in [3.63, 3.8) is 0 Å². The number of ether oxygens (including phenoxy) is 2. The lowest BCUT2D eigenvalue weighted by atomic mass is 9.99. The van der Waals surface area contributed by atoms with E-state index < -0.39 is 0 Å². The third kappa shape index (κ3) is 5.63. The molecule has 3 aromatic rings. The van der Waals surface area contributed by atoms with Crippen molar-refractivity contribution in [2.45, 2.75) is 25.7 Å². The van der Waals surface area contributed by atoms with Crippen LogP contribution in [0, 0.1) is 0 Å². The van der Waals surface area contributed by atoms with Gasteiger partial charge in [0.1, 0.15) is 16.5 Å². The van der Waals surface area contributed by atoms with Gasteiger partial charge < -0.3 is 25.0 Å². The van der Waals surface area contributed by atoms with Crippen LogP contribution >= 0.6 is 11.3 Å². The highest BCUT2D eigenvalue weighted by atomic mass is 32.1. The van der Waals surface area contributed by atoms with Crippen LogP contribution in [-0.2, 0) is 0 Å². The molecule has 0 aliphatic carbocycles. The van der Waals surface area contributed by atoms with Gasteiger partial charge >= 0.3 is 6.03 Å². The van der Waals surface area contributed by atoms with Gasteiger partial charge in [-0.3, -0.25) is 4.79 Å². The molecule has 10 heteroatoms. The molecule has 1 aromatic heterocycles. The standard InChI is InChI=1S/C24H27N5O4S/c1-3-33-20-9-5-4-8-19(20)26-24(31)29-14-6-7-16(15-29)22-27-28-23(34-22)21(30)25-17-10-12-18(32-2)13-11-17/h4-5,8-13,16H,3,6-7,14-15H2,1-2H3,(H,25,30)(H,26,31)/t16-/m0/s1. The smallest absolute Gasteiger partial charge is 0.321 e. The van der Waals surface area contributed by atoms with E-state index >= 15 is 0 Å². The number of carbonyl (C=O) groups is 2. The Kier molecular flexibility index (Phi) is 7.58. The number of amides is 3. The molecule has 1 aliphatic rings. The minimum absolute atomic E-state index is 0.0293. The zero-order valence-corrected chi connectivity index (χ0v) is 19.9. The molecular formula is C24H27N5O4S. The van der Waals surface area contributed by atoms with Crippen LogP contribution in [0.5, 0.6) is 11.5 Å². The first-order valence-electron chi connectivity index (χ1n) is 11.1. The Morgan fingerprint density at radius 3 is 2.68 bits per heavy atom. The van der Waals surface area contributed by atoms with Crippen molar-refractivity contribution < 1.29 is 19.1 Å². The van der Waals surface area contributed by atoms with E-state index in [0.717, 1.165) is 17.8 Å². The summed E-state index contributed by atoms with van der Waals surface area (Å²) in [4.78, 5) is 27.3. The number of urea groups is 1. The molecule has 178 valence electrons. The maximum atomic E-state index is 12.9. The van der Waals surface area contributed by atoms with Crippen molar-refractivity contribution in [1.82, 2.24) is 15.1 Å². The molecule has 0 bridgehead atoms. The van der Waals surface area contributed by atoms with Crippen LogP contribution in [0.1, 0.15) is 40.5 Å². The van der Waals surface area contributed by atoms with Crippen LogP contribution < -0.4 is 20.1 Å². The summed E-state index contributed by atoms with van der Waals surface area (Å²) in [6, 6.07) is 14.3. The van der Waals surface area contributed by atoms with Gasteiger partial charge in [-0.25, -0.2) is 4.79 Å². The number of hydrogen-bond donors (Lipinski definition) is 2. The maximum absolute atomic E-state index is 12.9. The molecule has 1 saturated heterocycles. The summed E-state index contributed by atoms with van der Waals surface area (Å²) in [5.41, 5.74) is 1.29. The van der Waals surface area contributed by atoms with Crippen molar-refractivity contribution in [1.29, 1.82) is 0 Å². The van der Waals surface area contributed by atoms with Crippen molar-refractivity contribution in [3.05, 3.63) is 58.5 Å². The van der Waals surface area contributed by atoms with E-state index in [2.05, 4.69) is 20.8 Å². The SMILES string of the molecule is CCOc1ccccc1NC(=O)N1CCC[C@H](c2nnc(C(=O)Nc3ccc(OC)cc3)s2)C1. The summed E-state index contributed by atoms with van der Waals surface area (Å²) in [7, 11) is 1.59. The Balaban J connectivity index is 1.38. The monoisotopic (exact) mass is 481 g/mol. The van der Waals surface area contributed by atoms with Crippen molar-refractivity contribution >= 4 is 34.6 Å². The summed E-state index contributed by atoms with van der Waals surface area (Å²) >= 11 is 1.26. The fourth-order valence-corrected chi connectivity index (χ4v) is 4.62. The second kappa shape index (κ2) is 11.0. The Hall–Kier alpha value is -3.66. The largest absolute Gasteiger partial charge is 0.497 e. The van der Waals surface area contributed by atoms with Gasteiger partial charge in [0.25, 0.3) is 5.91 Å². The summed E-state index contributed by atoms with van der Waals surface area (Å²) in [5.74, 6) is 1.07. The van der Waals surface area contributed by atoms with Crippen molar-refractivity contribution in [2.24, 2.45) is 0 Å². The van der Waals surface area contributed by atoms with E-state index in [1.807, 2.05) is 31.2 Å². The van der Waals surface area contributed by atoms with E-state index in [0.29, 0.717) is 42.6 Å². The topological polar surface area (TPSA) is 106 Å². The highest BCUT2D eigenvalue weighted by Crippen LogP contribution is 2.30. The van der Waals surface area contributed by atoms with E-state index in [4.69, 9.17) is 9.47 Å². The number of nitrogens with zero attached hydrogens (tertiary/aromatic N) is 3. The lowest BCUT2D eigenvalue weighted by Gasteiger charge is -2.31. The Morgan fingerprint density at radius 1 is 1.12 bits per heavy atom. The minimum Gasteiger partial charge on any atom is -0.497 e. The van der Waals surface area contributed by atoms with Gasteiger partial charge in [-0.05, 0) is 56.2 Å². The summed E-state index contributed by atoms with van der Waals surface area (Å²) in [5, 5.41) is 15.2. The number of benzene rings is 2. The second-order valence-corrected chi connectivity index (χ2v) is 8.78. The number of nitrogens with one attached hydrogen (secondary N) is 2. The van der Waals surface area contributed by atoms with Crippen LogP contribution in [-0.4, -0.2) is 53.8 Å². The average molecular weight is 482 g/mol. The maximum Gasteiger partial charge on any atom is 0.321 e. The molecule has 34 heavy (non-hydrogen) atoms. The van der Waals surface area contributed by atoms with Gasteiger partial charge in [0.05, 0.1) is 19.4 Å². The molecule has 1 atom stereocenters. The summed E-state index contributed by atoms with van der Waals surface area (Å²) in [6.07, 6.45) is 1.73. The van der Waals surface area contributed by atoms with Crippen LogP contribution in [0.25, 0.3) is 0 Å². The minimum atomic E-state index is -0.313.